The van der Waals surface area contributed by atoms with Gasteiger partial charge in [-0.25, -0.2) is 4.79 Å². The number of carbonyl (C=O) groups is 3. The molecule has 1 heterocycles. The van der Waals surface area contributed by atoms with Crippen LogP contribution in [-0.4, -0.2) is 24.9 Å². The molecule has 2 aromatic carbocycles. The van der Waals surface area contributed by atoms with E-state index in [-0.39, 0.29) is 17.2 Å². The largest absolute Gasteiger partial charge is 0.465 e. The van der Waals surface area contributed by atoms with Gasteiger partial charge in [0.15, 0.2) is 0 Å². The average molecular weight is 579 g/mol. The van der Waals surface area contributed by atoms with Crippen LogP contribution in [0.3, 0.4) is 0 Å². The van der Waals surface area contributed by atoms with Crippen LogP contribution < -0.4 is 10.6 Å². The molecule has 4 rings (SSSR count). The van der Waals surface area contributed by atoms with E-state index in [1.165, 1.54) is 36.6 Å². The zero-order valence-corrected chi connectivity index (χ0v) is 25.3. The summed E-state index contributed by atoms with van der Waals surface area (Å²) in [6.45, 7) is 6.09. The van der Waals surface area contributed by atoms with Gasteiger partial charge in [-0.05, 0) is 60.4 Å². The zero-order chi connectivity index (χ0) is 28.7. The molecule has 6 nitrogen and oxygen atoms in total. The molecule has 0 fully saturated rings. The lowest BCUT2D eigenvalue weighted by Crippen LogP contribution is -2.20. The normalized spacial score (nSPS) is 14.3. The van der Waals surface area contributed by atoms with Crippen molar-refractivity contribution in [3.05, 3.63) is 76.2 Å². The fraction of sp³-hybridized carbons (Fsp3) is 0.406. The molecule has 1 aromatic heterocycles. The molecule has 0 bridgehead atoms. The molecule has 2 N–H and O–H groups in total. The Morgan fingerprint density at radius 2 is 1.68 bits per heavy atom. The first-order valence-corrected chi connectivity index (χ1v) is 15.5. The van der Waals surface area contributed by atoms with Gasteiger partial charge in [-0.1, -0.05) is 70.0 Å². The summed E-state index contributed by atoms with van der Waals surface area (Å²) in [5.74, 6) is -0.663. The maximum atomic E-state index is 13.9. The molecule has 1 aliphatic carbocycles. The van der Waals surface area contributed by atoms with Crippen LogP contribution in [0.2, 0.25) is 0 Å². The highest BCUT2D eigenvalue weighted by molar-refractivity contribution is 8.00. The zero-order valence-electron chi connectivity index (χ0n) is 23.7. The first kappa shape index (κ1) is 29.9. The molecule has 1 unspecified atom stereocenters. The predicted molar refractivity (Wildman–Crippen MR) is 164 cm³/mol. The molecule has 212 valence electrons. The average Bonchev–Trinajstić information content (AvgIpc) is 3.21. The van der Waals surface area contributed by atoms with Gasteiger partial charge in [-0.15, -0.1) is 23.1 Å². The highest BCUT2D eigenvalue weighted by Gasteiger charge is 2.29. The van der Waals surface area contributed by atoms with Gasteiger partial charge in [0.05, 0.1) is 12.7 Å². The monoisotopic (exact) mass is 578 g/mol. The third-order valence-electron chi connectivity index (χ3n) is 6.70. The SMILES string of the molecule is COC(=O)c1c(NC(=O)C(Sc2cccc(NC(=O)CC(C)(C)C)c2)c2ccccc2)sc2c1CCCCCC2. The molecular weight excluding hydrogens is 540 g/mol. The van der Waals surface area contributed by atoms with E-state index in [2.05, 4.69) is 10.6 Å². The number of amides is 2. The molecular formula is C32H38N2O4S2. The van der Waals surface area contributed by atoms with Gasteiger partial charge in [0.2, 0.25) is 11.8 Å². The Hall–Kier alpha value is -3.10. The van der Waals surface area contributed by atoms with Crippen molar-refractivity contribution >= 4 is 51.6 Å². The van der Waals surface area contributed by atoms with Crippen molar-refractivity contribution in [3.63, 3.8) is 0 Å². The van der Waals surface area contributed by atoms with Gasteiger partial charge in [0.1, 0.15) is 10.3 Å². The number of hydrogen-bond donors (Lipinski definition) is 2. The van der Waals surface area contributed by atoms with Crippen LogP contribution in [0.1, 0.15) is 84.5 Å². The van der Waals surface area contributed by atoms with E-state index in [9.17, 15) is 14.4 Å². The van der Waals surface area contributed by atoms with E-state index < -0.39 is 11.2 Å². The lowest BCUT2D eigenvalue weighted by Gasteiger charge is -2.19. The fourth-order valence-electron chi connectivity index (χ4n) is 4.87. The van der Waals surface area contributed by atoms with Crippen molar-refractivity contribution in [3.8, 4) is 0 Å². The predicted octanol–water partition coefficient (Wildman–Crippen LogP) is 8.04. The van der Waals surface area contributed by atoms with Crippen LogP contribution in [0.25, 0.3) is 0 Å². The van der Waals surface area contributed by atoms with Gasteiger partial charge >= 0.3 is 5.97 Å². The van der Waals surface area contributed by atoms with E-state index in [0.717, 1.165) is 53.0 Å². The van der Waals surface area contributed by atoms with Crippen LogP contribution in [0.5, 0.6) is 0 Å². The van der Waals surface area contributed by atoms with Gasteiger partial charge in [0.25, 0.3) is 0 Å². The van der Waals surface area contributed by atoms with Crippen molar-refractivity contribution in [2.24, 2.45) is 5.41 Å². The first-order chi connectivity index (χ1) is 19.1. The highest BCUT2D eigenvalue weighted by atomic mass is 32.2. The van der Waals surface area contributed by atoms with Crippen LogP contribution >= 0.6 is 23.1 Å². The Bertz CT molecular complexity index is 1340. The van der Waals surface area contributed by atoms with E-state index >= 15 is 0 Å². The molecule has 0 radical (unpaired) electrons. The molecule has 2 amide bonds. The number of esters is 1. The standard InChI is InChI=1S/C32H38N2O4S2/c1-32(2,3)20-26(35)33-22-15-12-16-23(19-22)39-28(21-13-8-7-9-14-21)29(36)34-30-27(31(37)38-4)24-17-10-5-6-11-18-25(24)40-30/h7-9,12-16,19,28H,5-6,10-11,17-18,20H2,1-4H3,(H,33,35)(H,34,36). The summed E-state index contributed by atoms with van der Waals surface area (Å²) in [5, 5.41) is 6.08. The molecule has 3 aromatic rings. The minimum atomic E-state index is -0.572. The number of aryl methyl sites for hydroxylation is 1. The summed E-state index contributed by atoms with van der Waals surface area (Å²) in [7, 11) is 1.39. The van der Waals surface area contributed by atoms with Gasteiger partial charge in [-0.3, -0.25) is 9.59 Å². The van der Waals surface area contributed by atoms with Crippen LogP contribution in [0.4, 0.5) is 10.7 Å². The van der Waals surface area contributed by atoms with Crippen molar-refractivity contribution in [1.82, 2.24) is 0 Å². The Morgan fingerprint density at radius 1 is 0.950 bits per heavy atom. The van der Waals surface area contributed by atoms with E-state index in [0.29, 0.717) is 22.7 Å². The van der Waals surface area contributed by atoms with Gasteiger partial charge < -0.3 is 15.4 Å². The van der Waals surface area contributed by atoms with Crippen molar-refractivity contribution in [2.45, 2.75) is 75.9 Å². The van der Waals surface area contributed by atoms with Crippen molar-refractivity contribution < 1.29 is 19.1 Å². The maximum absolute atomic E-state index is 13.9. The lowest BCUT2D eigenvalue weighted by molar-refractivity contribution is -0.118. The second-order valence-corrected chi connectivity index (χ2v) is 13.6. The molecule has 0 saturated heterocycles. The van der Waals surface area contributed by atoms with E-state index in [1.807, 2.05) is 75.4 Å². The summed E-state index contributed by atoms with van der Waals surface area (Å²) >= 11 is 2.91. The number of thiophene rings is 1. The third kappa shape index (κ3) is 7.98. The molecule has 0 aliphatic heterocycles. The Labute approximate surface area is 245 Å². The molecule has 0 spiro atoms. The van der Waals surface area contributed by atoms with Crippen molar-refractivity contribution in [1.29, 1.82) is 0 Å². The number of nitrogens with one attached hydrogen (secondary N) is 2. The number of carbonyl (C=O) groups excluding carboxylic acids is 3. The van der Waals surface area contributed by atoms with Crippen molar-refractivity contribution in [2.75, 3.05) is 17.7 Å². The number of hydrogen-bond acceptors (Lipinski definition) is 6. The minimum absolute atomic E-state index is 0.0457. The van der Waals surface area contributed by atoms with Crippen LogP contribution in [0.15, 0.2) is 59.5 Å². The number of ether oxygens (including phenoxy) is 1. The number of anilines is 2. The molecule has 40 heavy (non-hydrogen) atoms. The van der Waals surface area contributed by atoms with Gasteiger partial charge in [-0.2, -0.15) is 0 Å². The summed E-state index contributed by atoms with van der Waals surface area (Å²) in [6.07, 6.45) is 6.54. The van der Waals surface area contributed by atoms with Crippen LogP contribution in [-0.2, 0) is 27.2 Å². The maximum Gasteiger partial charge on any atom is 0.341 e. The Morgan fingerprint density at radius 3 is 2.38 bits per heavy atom. The lowest BCUT2D eigenvalue weighted by atomic mass is 9.92. The second-order valence-electron chi connectivity index (χ2n) is 11.3. The number of thioether (sulfide) groups is 1. The van der Waals surface area contributed by atoms with Gasteiger partial charge in [0, 0.05) is 21.9 Å². The molecule has 8 heteroatoms. The summed E-state index contributed by atoms with van der Waals surface area (Å²) in [6, 6.07) is 17.2. The molecule has 0 saturated carbocycles. The van der Waals surface area contributed by atoms with Crippen LogP contribution in [0, 0.1) is 5.41 Å². The fourth-order valence-corrected chi connectivity index (χ4v) is 7.24. The Kier molecular flexibility index (Phi) is 10.1. The number of methoxy groups -OCH3 is 1. The Balaban J connectivity index is 1.61. The molecule has 1 aliphatic rings. The molecule has 1 atom stereocenters. The van der Waals surface area contributed by atoms with E-state index in [1.54, 1.807) is 0 Å². The highest BCUT2D eigenvalue weighted by Crippen LogP contribution is 2.41. The quantitative estimate of drug-likeness (QED) is 0.209. The summed E-state index contributed by atoms with van der Waals surface area (Å²) in [5.41, 5.74) is 2.95. The summed E-state index contributed by atoms with van der Waals surface area (Å²) in [4.78, 5) is 41.3. The smallest absolute Gasteiger partial charge is 0.341 e. The summed E-state index contributed by atoms with van der Waals surface area (Å²) < 4.78 is 5.15. The second kappa shape index (κ2) is 13.5. The number of benzene rings is 2. The topological polar surface area (TPSA) is 84.5 Å². The first-order valence-electron chi connectivity index (χ1n) is 13.8. The third-order valence-corrected chi connectivity index (χ3v) is 9.16. The number of rotatable bonds is 8. The number of fused-ring (bicyclic) bond motifs is 1. The minimum Gasteiger partial charge on any atom is -0.465 e. The van der Waals surface area contributed by atoms with E-state index in [4.69, 9.17) is 4.74 Å².